The Morgan fingerprint density at radius 2 is 2.14 bits per heavy atom. The van der Waals surface area contributed by atoms with E-state index in [1.807, 2.05) is 13.0 Å². The summed E-state index contributed by atoms with van der Waals surface area (Å²) < 4.78 is 25.0. The van der Waals surface area contributed by atoms with Gasteiger partial charge < -0.3 is 14.5 Å². The fourth-order valence-corrected chi connectivity index (χ4v) is 2.20. The molecular formula is C16H19BrFNO2. The summed E-state index contributed by atoms with van der Waals surface area (Å²) in [6.07, 6.45) is 1.10. The Bertz CT molecular complexity index is 598. The molecule has 0 amide bonds. The highest BCUT2D eigenvalue weighted by Gasteiger charge is 2.08. The van der Waals surface area contributed by atoms with Crippen LogP contribution in [-0.4, -0.2) is 6.54 Å². The highest BCUT2D eigenvalue weighted by atomic mass is 79.9. The largest absolute Gasteiger partial charge is 0.486 e. The predicted molar refractivity (Wildman–Crippen MR) is 83.9 cm³/mol. The Labute approximate surface area is 132 Å². The zero-order chi connectivity index (χ0) is 15.2. The molecule has 21 heavy (non-hydrogen) atoms. The van der Waals surface area contributed by atoms with E-state index in [4.69, 9.17) is 9.15 Å². The van der Waals surface area contributed by atoms with E-state index in [9.17, 15) is 4.39 Å². The number of hydrogen-bond donors (Lipinski definition) is 1. The molecule has 0 spiro atoms. The van der Waals surface area contributed by atoms with Crippen molar-refractivity contribution < 1.29 is 13.5 Å². The number of furan rings is 1. The van der Waals surface area contributed by atoms with Gasteiger partial charge in [0.1, 0.15) is 29.7 Å². The van der Waals surface area contributed by atoms with Crippen molar-refractivity contribution in [1.82, 2.24) is 5.32 Å². The number of aryl methyl sites for hydroxylation is 1. The third-order valence-corrected chi connectivity index (χ3v) is 3.73. The highest BCUT2D eigenvalue weighted by molar-refractivity contribution is 9.10. The van der Waals surface area contributed by atoms with E-state index < -0.39 is 0 Å². The van der Waals surface area contributed by atoms with Crippen LogP contribution in [0.5, 0.6) is 5.75 Å². The van der Waals surface area contributed by atoms with Crippen LogP contribution in [0.1, 0.15) is 30.4 Å². The van der Waals surface area contributed by atoms with E-state index in [0.717, 1.165) is 36.6 Å². The molecule has 1 aromatic carbocycles. The predicted octanol–water partition coefficient (Wildman–Crippen LogP) is 4.57. The lowest BCUT2D eigenvalue weighted by molar-refractivity contribution is 0.266. The van der Waals surface area contributed by atoms with Gasteiger partial charge in [0.05, 0.1) is 4.47 Å². The van der Waals surface area contributed by atoms with Crippen LogP contribution in [0.3, 0.4) is 0 Å². The van der Waals surface area contributed by atoms with E-state index in [1.165, 1.54) is 6.07 Å². The zero-order valence-electron chi connectivity index (χ0n) is 12.2. The van der Waals surface area contributed by atoms with E-state index in [0.29, 0.717) is 10.2 Å². The summed E-state index contributed by atoms with van der Waals surface area (Å²) in [5.74, 6) is 1.77. The molecule has 0 bridgehead atoms. The molecule has 2 rings (SSSR count). The van der Waals surface area contributed by atoms with Crippen LogP contribution in [0.15, 0.2) is 33.2 Å². The molecule has 114 valence electrons. The van der Waals surface area contributed by atoms with Crippen molar-refractivity contribution in [3.05, 3.63) is 51.6 Å². The number of benzene rings is 1. The smallest absolute Gasteiger partial charge is 0.146 e. The third kappa shape index (κ3) is 4.58. The minimum Gasteiger partial charge on any atom is -0.486 e. The minimum atomic E-state index is -0.340. The molecule has 0 radical (unpaired) electrons. The molecule has 0 saturated carbocycles. The van der Waals surface area contributed by atoms with E-state index in [1.54, 1.807) is 12.1 Å². The molecular weight excluding hydrogens is 337 g/mol. The second-order valence-electron chi connectivity index (χ2n) is 4.84. The monoisotopic (exact) mass is 355 g/mol. The molecule has 0 aliphatic rings. The molecule has 3 nitrogen and oxygen atoms in total. The fourth-order valence-electron chi connectivity index (χ4n) is 1.96. The number of rotatable bonds is 7. The molecule has 0 aliphatic carbocycles. The molecule has 1 N–H and O–H groups in total. The number of hydrogen-bond acceptors (Lipinski definition) is 3. The molecule has 2 aromatic rings. The summed E-state index contributed by atoms with van der Waals surface area (Å²) in [5, 5.41) is 3.34. The first-order valence-corrected chi connectivity index (χ1v) is 7.76. The molecule has 0 atom stereocenters. The maximum absolute atomic E-state index is 13.4. The Kier molecular flexibility index (Phi) is 5.82. The van der Waals surface area contributed by atoms with Gasteiger partial charge in [0.25, 0.3) is 0 Å². The topological polar surface area (TPSA) is 34.4 Å². The number of halogens is 2. The van der Waals surface area contributed by atoms with Gasteiger partial charge in [-0.15, -0.1) is 0 Å². The molecule has 0 aliphatic heterocycles. The van der Waals surface area contributed by atoms with Gasteiger partial charge in [-0.05, 0) is 54.0 Å². The number of ether oxygens (including phenoxy) is 1. The van der Waals surface area contributed by atoms with Crippen molar-refractivity contribution in [1.29, 1.82) is 0 Å². The lowest BCUT2D eigenvalue weighted by Gasteiger charge is -2.04. The fraction of sp³-hybridized carbons (Fsp3) is 0.375. The Balaban J connectivity index is 1.93. The molecule has 1 aromatic heterocycles. The van der Waals surface area contributed by atoms with Crippen LogP contribution in [0.4, 0.5) is 4.39 Å². The first-order valence-electron chi connectivity index (χ1n) is 6.97. The average molecular weight is 356 g/mol. The van der Waals surface area contributed by atoms with Gasteiger partial charge in [-0.1, -0.05) is 6.92 Å². The molecule has 1 heterocycles. The number of nitrogens with one attached hydrogen (secondary N) is 1. The lowest BCUT2D eigenvalue weighted by atomic mass is 10.2. The van der Waals surface area contributed by atoms with Crippen LogP contribution in [0, 0.1) is 12.7 Å². The zero-order valence-corrected chi connectivity index (χ0v) is 13.8. The first kappa shape index (κ1) is 16.0. The van der Waals surface area contributed by atoms with Crippen molar-refractivity contribution in [2.45, 2.75) is 33.4 Å². The van der Waals surface area contributed by atoms with Gasteiger partial charge in [-0.3, -0.25) is 0 Å². The van der Waals surface area contributed by atoms with Gasteiger partial charge in [0.15, 0.2) is 0 Å². The maximum Gasteiger partial charge on any atom is 0.146 e. The van der Waals surface area contributed by atoms with Crippen molar-refractivity contribution >= 4 is 15.9 Å². The molecule has 5 heteroatoms. The van der Waals surface area contributed by atoms with Crippen LogP contribution in [0.2, 0.25) is 0 Å². The normalized spacial score (nSPS) is 10.9. The maximum atomic E-state index is 13.4. The van der Waals surface area contributed by atoms with Crippen LogP contribution >= 0.6 is 15.9 Å². The minimum absolute atomic E-state index is 0.287. The lowest BCUT2D eigenvalue weighted by Crippen LogP contribution is -2.13. The van der Waals surface area contributed by atoms with Gasteiger partial charge >= 0.3 is 0 Å². The summed E-state index contributed by atoms with van der Waals surface area (Å²) in [6.45, 7) is 6.12. The van der Waals surface area contributed by atoms with Gasteiger partial charge in [0, 0.05) is 18.2 Å². The van der Waals surface area contributed by atoms with E-state index >= 15 is 0 Å². The Morgan fingerprint density at radius 3 is 2.86 bits per heavy atom. The molecule has 0 saturated heterocycles. The van der Waals surface area contributed by atoms with Crippen molar-refractivity contribution in [3.63, 3.8) is 0 Å². The van der Waals surface area contributed by atoms with E-state index in [-0.39, 0.29) is 12.4 Å². The summed E-state index contributed by atoms with van der Waals surface area (Å²) >= 11 is 3.11. The second kappa shape index (κ2) is 7.61. The molecule has 0 fully saturated rings. The summed E-state index contributed by atoms with van der Waals surface area (Å²) in [6, 6.07) is 6.67. The van der Waals surface area contributed by atoms with Crippen LogP contribution < -0.4 is 10.1 Å². The first-order chi connectivity index (χ1) is 10.1. The van der Waals surface area contributed by atoms with Crippen LogP contribution in [0.25, 0.3) is 0 Å². The van der Waals surface area contributed by atoms with Crippen molar-refractivity contribution in [3.8, 4) is 5.75 Å². The Morgan fingerprint density at radius 1 is 1.33 bits per heavy atom. The third-order valence-electron chi connectivity index (χ3n) is 3.09. The average Bonchev–Trinajstić information content (AvgIpc) is 2.81. The van der Waals surface area contributed by atoms with Gasteiger partial charge in [-0.2, -0.15) is 0 Å². The SMILES string of the molecule is CCCNCc1cc(COc2ccc(Br)c(F)c2)oc1C. The van der Waals surface area contributed by atoms with Crippen LogP contribution in [-0.2, 0) is 13.2 Å². The summed E-state index contributed by atoms with van der Waals surface area (Å²) in [7, 11) is 0. The highest BCUT2D eigenvalue weighted by Crippen LogP contribution is 2.22. The Hall–Kier alpha value is -1.33. The van der Waals surface area contributed by atoms with Gasteiger partial charge in [-0.25, -0.2) is 4.39 Å². The van der Waals surface area contributed by atoms with Crippen molar-refractivity contribution in [2.24, 2.45) is 0 Å². The summed E-state index contributed by atoms with van der Waals surface area (Å²) in [4.78, 5) is 0. The molecule has 0 unspecified atom stereocenters. The second-order valence-corrected chi connectivity index (χ2v) is 5.69. The summed E-state index contributed by atoms with van der Waals surface area (Å²) in [5.41, 5.74) is 1.13. The van der Waals surface area contributed by atoms with E-state index in [2.05, 4.69) is 28.2 Å². The van der Waals surface area contributed by atoms with Crippen molar-refractivity contribution in [2.75, 3.05) is 6.54 Å². The standard InChI is InChI=1S/C16H19BrFNO2/c1-3-6-19-9-12-7-14(21-11(12)2)10-20-13-4-5-15(17)16(18)8-13/h4-5,7-8,19H,3,6,9-10H2,1-2H3. The quantitative estimate of drug-likeness (QED) is 0.738. The van der Waals surface area contributed by atoms with Gasteiger partial charge in [0.2, 0.25) is 0 Å².